The minimum absolute atomic E-state index is 0.0942. The lowest BCUT2D eigenvalue weighted by atomic mass is 9.98. The molecule has 0 aliphatic rings. The van der Waals surface area contributed by atoms with E-state index in [-0.39, 0.29) is 31.5 Å². The Balaban J connectivity index is 1.48. The molecule has 0 radical (unpaired) electrons. The third-order valence-corrected chi connectivity index (χ3v) is 7.56. The summed E-state index contributed by atoms with van der Waals surface area (Å²) in [6.07, 6.45) is 1.24. The molecule has 234 valence electrons. The third-order valence-electron chi connectivity index (χ3n) is 7.56. The van der Waals surface area contributed by atoms with Gasteiger partial charge >= 0.3 is 18.0 Å². The van der Waals surface area contributed by atoms with Crippen molar-refractivity contribution >= 4 is 18.0 Å². The summed E-state index contributed by atoms with van der Waals surface area (Å²) in [5.41, 5.74) is 4.76. The van der Waals surface area contributed by atoms with Gasteiger partial charge in [0.25, 0.3) is 0 Å². The predicted octanol–water partition coefficient (Wildman–Crippen LogP) is 7.01. The Morgan fingerprint density at radius 2 is 1.31 bits per heavy atom. The van der Waals surface area contributed by atoms with Crippen molar-refractivity contribution in [3.63, 3.8) is 0 Å². The van der Waals surface area contributed by atoms with Gasteiger partial charge in [-0.15, -0.1) is 0 Å². The van der Waals surface area contributed by atoms with Crippen LogP contribution in [0.3, 0.4) is 0 Å². The number of nitrogens with zero attached hydrogens (tertiary/aromatic N) is 1. The molecule has 2 atom stereocenters. The summed E-state index contributed by atoms with van der Waals surface area (Å²) < 4.78 is 5.72. The summed E-state index contributed by atoms with van der Waals surface area (Å²) in [4.78, 5) is 41.0. The van der Waals surface area contributed by atoms with Crippen LogP contribution in [0.2, 0.25) is 0 Å². The number of esters is 1. The molecule has 0 unspecified atom stereocenters. The summed E-state index contributed by atoms with van der Waals surface area (Å²) in [6.45, 7) is 4.57. The Bertz CT molecular complexity index is 1510. The highest BCUT2D eigenvalue weighted by Gasteiger charge is 2.29. The number of aryl methyl sites for hydroxylation is 1. The SMILES string of the molecule is CC(C)CN(C[C@H](CCc1ccccc1)C(=O)OCc1ccccc1)C(=O)N[C@@H](Cc1cccc(-c2ccccc2)c1)C(=O)O. The molecule has 7 nitrogen and oxygen atoms in total. The molecule has 0 spiro atoms. The van der Waals surface area contributed by atoms with Crippen LogP contribution < -0.4 is 5.32 Å². The highest BCUT2D eigenvalue weighted by molar-refractivity contribution is 5.83. The lowest BCUT2D eigenvalue weighted by Gasteiger charge is -2.30. The molecule has 2 amide bonds. The fourth-order valence-corrected chi connectivity index (χ4v) is 5.25. The van der Waals surface area contributed by atoms with Crippen molar-refractivity contribution in [3.8, 4) is 11.1 Å². The number of carbonyl (C=O) groups is 3. The number of carboxylic acids is 1. The second-order valence-electron chi connectivity index (χ2n) is 11.7. The fraction of sp³-hybridized carbons (Fsp3) is 0.289. The first kappa shape index (κ1) is 33.0. The molecule has 0 bridgehead atoms. The number of nitrogens with one attached hydrogen (secondary N) is 1. The Kier molecular flexibility index (Phi) is 12.3. The van der Waals surface area contributed by atoms with Gasteiger partial charge in [0, 0.05) is 19.5 Å². The summed E-state index contributed by atoms with van der Waals surface area (Å²) in [5.74, 6) is -2.01. The van der Waals surface area contributed by atoms with Crippen LogP contribution in [0.5, 0.6) is 0 Å². The largest absolute Gasteiger partial charge is 0.480 e. The lowest BCUT2D eigenvalue weighted by Crippen LogP contribution is -2.51. The highest BCUT2D eigenvalue weighted by atomic mass is 16.5. The number of aliphatic carboxylic acids is 1. The molecule has 4 aromatic carbocycles. The van der Waals surface area contributed by atoms with Crippen LogP contribution in [-0.4, -0.2) is 47.1 Å². The number of amides is 2. The van der Waals surface area contributed by atoms with Gasteiger partial charge in [0.15, 0.2) is 0 Å². The summed E-state index contributed by atoms with van der Waals surface area (Å²) >= 11 is 0. The highest BCUT2D eigenvalue weighted by Crippen LogP contribution is 2.21. The summed E-state index contributed by atoms with van der Waals surface area (Å²) in [7, 11) is 0. The van der Waals surface area contributed by atoms with Crippen LogP contribution in [0.25, 0.3) is 11.1 Å². The van der Waals surface area contributed by atoms with Gasteiger partial charge in [-0.05, 0) is 46.6 Å². The summed E-state index contributed by atoms with van der Waals surface area (Å²) in [5, 5.41) is 12.8. The lowest BCUT2D eigenvalue weighted by molar-refractivity contribution is -0.150. The van der Waals surface area contributed by atoms with Crippen LogP contribution in [0.4, 0.5) is 4.79 Å². The number of urea groups is 1. The van der Waals surface area contributed by atoms with Crippen LogP contribution in [0, 0.1) is 11.8 Å². The number of benzene rings is 4. The van der Waals surface area contributed by atoms with E-state index in [9.17, 15) is 19.5 Å². The molecule has 0 aromatic heterocycles. The van der Waals surface area contributed by atoms with Gasteiger partial charge in [-0.25, -0.2) is 9.59 Å². The first-order valence-corrected chi connectivity index (χ1v) is 15.5. The Hall–Kier alpha value is -4.91. The zero-order valence-electron chi connectivity index (χ0n) is 26.0. The standard InChI is InChI=1S/C38H42N2O5/c1-28(2)25-40(26-34(22-21-29-13-6-3-7-14-29)37(43)45-27-30-15-8-4-9-16-30)38(44)39-35(36(41)42)24-31-17-12-20-33(23-31)32-18-10-5-11-19-32/h3-20,23,28,34-35H,21-22,24-27H2,1-2H3,(H,39,44)(H,41,42)/t34-,35-/m0/s1. The van der Waals surface area contributed by atoms with Crippen molar-refractivity contribution in [1.82, 2.24) is 10.2 Å². The molecule has 0 aliphatic carbocycles. The minimum Gasteiger partial charge on any atom is -0.480 e. The Labute approximate surface area is 265 Å². The Morgan fingerprint density at radius 1 is 0.733 bits per heavy atom. The molecule has 2 N–H and O–H groups in total. The molecule has 0 saturated carbocycles. The number of hydrogen-bond acceptors (Lipinski definition) is 4. The molecular weight excluding hydrogens is 564 g/mol. The average Bonchev–Trinajstić information content (AvgIpc) is 3.06. The van der Waals surface area contributed by atoms with Gasteiger partial charge in [-0.3, -0.25) is 4.79 Å². The second kappa shape index (κ2) is 16.8. The van der Waals surface area contributed by atoms with Gasteiger partial charge in [0.1, 0.15) is 12.6 Å². The predicted molar refractivity (Wildman–Crippen MR) is 176 cm³/mol. The fourth-order valence-electron chi connectivity index (χ4n) is 5.25. The normalized spacial score (nSPS) is 12.2. The maximum atomic E-state index is 13.7. The first-order chi connectivity index (χ1) is 21.8. The molecule has 7 heteroatoms. The zero-order chi connectivity index (χ0) is 32.0. The van der Waals surface area contributed by atoms with Crippen LogP contribution in [0.1, 0.15) is 37.0 Å². The number of carboxylic acid groups (broad SMARTS) is 1. The minimum atomic E-state index is -1.15. The van der Waals surface area contributed by atoms with E-state index in [1.165, 1.54) is 0 Å². The maximum absolute atomic E-state index is 13.7. The Morgan fingerprint density at radius 3 is 1.93 bits per heavy atom. The van der Waals surface area contributed by atoms with Gasteiger partial charge in [0.2, 0.25) is 0 Å². The molecule has 4 rings (SSSR count). The number of carbonyl (C=O) groups excluding carboxylic acids is 2. The first-order valence-electron chi connectivity index (χ1n) is 15.5. The quantitative estimate of drug-likeness (QED) is 0.142. The van der Waals surface area contributed by atoms with Crippen molar-refractivity contribution in [1.29, 1.82) is 0 Å². The van der Waals surface area contributed by atoms with E-state index < -0.39 is 24.0 Å². The smallest absolute Gasteiger partial charge is 0.326 e. The number of hydrogen-bond donors (Lipinski definition) is 2. The molecule has 45 heavy (non-hydrogen) atoms. The average molecular weight is 607 g/mol. The molecule has 0 heterocycles. The van der Waals surface area contributed by atoms with E-state index >= 15 is 0 Å². The van der Waals surface area contributed by atoms with Gasteiger partial charge < -0.3 is 20.1 Å². The number of ether oxygens (including phenoxy) is 1. The zero-order valence-corrected chi connectivity index (χ0v) is 26.0. The molecule has 0 saturated heterocycles. The molecular formula is C38H42N2O5. The third kappa shape index (κ3) is 10.6. The summed E-state index contributed by atoms with van der Waals surface area (Å²) in [6, 6.07) is 35.2. The maximum Gasteiger partial charge on any atom is 0.326 e. The van der Waals surface area contributed by atoms with E-state index in [4.69, 9.17) is 4.74 Å². The second-order valence-corrected chi connectivity index (χ2v) is 11.7. The van der Waals surface area contributed by atoms with E-state index in [1.807, 2.05) is 129 Å². The van der Waals surface area contributed by atoms with Crippen LogP contribution >= 0.6 is 0 Å². The van der Waals surface area contributed by atoms with Crippen molar-refractivity contribution in [3.05, 3.63) is 132 Å². The van der Waals surface area contributed by atoms with Crippen LogP contribution in [0.15, 0.2) is 115 Å². The van der Waals surface area contributed by atoms with Crippen molar-refractivity contribution in [2.45, 2.75) is 45.8 Å². The molecule has 0 fully saturated rings. The monoisotopic (exact) mass is 606 g/mol. The number of rotatable bonds is 15. The van der Waals surface area contributed by atoms with Crippen molar-refractivity contribution < 1.29 is 24.2 Å². The van der Waals surface area contributed by atoms with E-state index in [2.05, 4.69) is 5.32 Å². The molecule has 4 aromatic rings. The molecule has 0 aliphatic heterocycles. The van der Waals surface area contributed by atoms with Crippen molar-refractivity contribution in [2.24, 2.45) is 11.8 Å². The van der Waals surface area contributed by atoms with Gasteiger partial charge in [-0.1, -0.05) is 129 Å². The van der Waals surface area contributed by atoms with E-state index in [0.29, 0.717) is 19.4 Å². The van der Waals surface area contributed by atoms with E-state index in [0.717, 1.165) is 27.8 Å². The van der Waals surface area contributed by atoms with Gasteiger partial charge in [-0.2, -0.15) is 0 Å². The van der Waals surface area contributed by atoms with Gasteiger partial charge in [0.05, 0.1) is 5.92 Å². The topological polar surface area (TPSA) is 95.9 Å². The van der Waals surface area contributed by atoms with Crippen molar-refractivity contribution in [2.75, 3.05) is 13.1 Å². The van der Waals surface area contributed by atoms with E-state index in [1.54, 1.807) is 4.90 Å². The van der Waals surface area contributed by atoms with Crippen LogP contribution in [-0.2, 0) is 33.8 Å².